The minimum Gasteiger partial charge on any atom is -0.352 e. The molecule has 0 radical (unpaired) electrons. The molecule has 144 valence electrons. The summed E-state index contributed by atoms with van der Waals surface area (Å²) in [5.41, 5.74) is 0.833. The second kappa shape index (κ2) is 9.65. The van der Waals surface area contributed by atoms with Crippen LogP contribution in [0.3, 0.4) is 0 Å². The number of pyridine rings is 1. The van der Waals surface area contributed by atoms with Gasteiger partial charge in [-0.15, -0.1) is 0 Å². The van der Waals surface area contributed by atoms with E-state index in [0.717, 1.165) is 31.2 Å². The van der Waals surface area contributed by atoms with Crippen LogP contribution in [0.25, 0.3) is 5.82 Å². The molecule has 2 aromatic rings. The van der Waals surface area contributed by atoms with Gasteiger partial charge in [-0.2, -0.15) is 5.10 Å². The number of hydrogen-bond acceptors (Lipinski definition) is 5. The van der Waals surface area contributed by atoms with Crippen LogP contribution in [0.1, 0.15) is 44.1 Å². The molecule has 0 bridgehead atoms. The molecule has 1 fully saturated rings. The number of aromatic nitrogens is 4. The maximum atomic E-state index is 12.0. The van der Waals surface area contributed by atoms with Gasteiger partial charge in [0, 0.05) is 37.3 Å². The van der Waals surface area contributed by atoms with E-state index in [2.05, 4.69) is 31.0 Å². The van der Waals surface area contributed by atoms with Gasteiger partial charge >= 0.3 is 6.03 Å². The number of rotatable bonds is 7. The summed E-state index contributed by atoms with van der Waals surface area (Å²) < 4.78 is 1.55. The predicted molar refractivity (Wildman–Crippen MR) is 99.0 cm³/mol. The SMILES string of the molecule is O=C(CCNC(=O)NC1CCCCC1)NCc1cccnc1-n1cncn1. The summed E-state index contributed by atoms with van der Waals surface area (Å²) in [7, 11) is 0. The van der Waals surface area contributed by atoms with Gasteiger partial charge in [-0.25, -0.2) is 19.4 Å². The average molecular weight is 371 g/mol. The van der Waals surface area contributed by atoms with Gasteiger partial charge in [0.05, 0.1) is 0 Å². The zero-order chi connectivity index (χ0) is 18.9. The van der Waals surface area contributed by atoms with Gasteiger partial charge in [0.2, 0.25) is 5.91 Å². The van der Waals surface area contributed by atoms with E-state index in [1.54, 1.807) is 23.3 Å². The first kappa shape index (κ1) is 18.8. The smallest absolute Gasteiger partial charge is 0.315 e. The predicted octanol–water partition coefficient (Wildman–Crippen LogP) is 1.30. The van der Waals surface area contributed by atoms with Crippen LogP contribution in [0.5, 0.6) is 0 Å². The van der Waals surface area contributed by atoms with Gasteiger partial charge in [0.15, 0.2) is 5.82 Å². The third kappa shape index (κ3) is 5.77. The molecule has 3 N–H and O–H groups in total. The second-order valence-corrected chi connectivity index (χ2v) is 6.59. The molecule has 0 aliphatic heterocycles. The van der Waals surface area contributed by atoms with Crippen LogP contribution in [0.2, 0.25) is 0 Å². The highest BCUT2D eigenvalue weighted by Gasteiger charge is 2.15. The standard InChI is InChI=1S/C18H25N7O2/c26-16(8-10-21-18(27)24-15-6-2-1-3-7-15)22-11-14-5-4-9-20-17(14)25-13-19-12-23-25/h4-5,9,12-13,15H,1-3,6-8,10-11H2,(H,22,26)(H2,21,24,27). The molecule has 3 amide bonds. The Hall–Kier alpha value is -2.97. The molecule has 0 aromatic carbocycles. The van der Waals surface area contributed by atoms with E-state index in [1.807, 2.05) is 6.07 Å². The minimum atomic E-state index is -0.199. The monoisotopic (exact) mass is 371 g/mol. The first-order valence-electron chi connectivity index (χ1n) is 9.32. The van der Waals surface area contributed by atoms with Crippen LogP contribution in [0, 0.1) is 0 Å². The van der Waals surface area contributed by atoms with Crippen molar-refractivity contribution in [3.63, 3.8) is 0 Å². The minimum absolute atomic E-state index is 0.138. The normalized spacial score (nSPS) is 14.5. The molecule has 0 spiro atoms. The molecule has 1 saturated carbocycles. The quantitative estimate of drug-likeness (QED) is 0.679. The number of nitrogens with one attached hydrogen (secondary N) is 3. The van der Waals surface area contributed by atoms with Crippen LogP contribution in [0.15, 0.2) is 31.0 Å². The molecule has 0 saturated heterocycles. The molecule has 9 nitrogen and oxygen atoms in total. The first-order chi connectivity index (χ1) is 13.2. The Balaban J connectivity index is 1.38. The highest BCUT2D eigenvalue weighted by molar-refractivity contribution is 5.78. The fourth-order valence-electron chi connectivity index (χ4n) is 3.15. The summed E-state index contributed by atoms with van der Waals surface area (Å²) in [4.78, 5) is 32.1. The van der Waals surface area contributed by atoms with Crippen LogP contribution in [0.4, 0.5) is 4.79 Å². The van der Waals surface area contributed by atoms with E-state index in [-0.39, 0.29) is 24.4 Å². The Bertz CT molecular complexity index is 742. The molecular weight excluding hydrogens is 346 g/mol. The zero-order valence-corrected chi connectivity index (χ0v) is 15.2. The largest absolute Gasteiger partial charge is 0.352 e. The van der Waals surface area contributed by atoms with Gasteiger partial charge < -0.3 is 16.0 Å². The van der Waals surface area contributed by atoms with Crippen LogP contribution < -0.4 is 16.0 Å². The van der Waals surface area contributed by atoms with Gasteiger partial charge in [-0.3, -0.25) is 4.79 Å². The molecule has 2 heterocycles. The Morgan fingerprint density at radius 3 is 2.81 bits per heavy atom. The van der Waals surface area contributed by atoms with Gasteiger partial charge in [-0.05, 0) is 18.9 Å². The molecule has 9 heteroatoms. The Labute approximate surface area is 158 Å². The van der Waals surface area contributed by atoms with Crippen molar-refractivity contribution in [3.05, 3.63) is 36.5 Å². The fraction of sp³-hybridized carbons (Fsp3) is 0.500. The number of carbonyl (C=O) groups is 2. The lowest BCUT2D eigenvalue weighted by molar-refractivity contribution is -0.121. The van der Waals surface area contributed by atoms with E-state index in [9.17, 15) is 9.59 Å². The van der Waals surface area contributed by atoms with Crippen molar-refractivity contribution in [2.45, 2.75) is 51.1 Å². The second-order valence-electron chi connectivity index (χ2n) is 6.59. The number of nitrogens with zero attached hydrogens (tertiary/aromatic N) is 4. The summed E-state index contributed by atoms with van der Waals surface area (Å²) in [5, 5.41) is 12.6. The van der Waals surface area contributed by atoms with E-state index in [4.69, 9.17) is 0 Å². The van der Waals surface area contributed by atoms with Gasteiger partial charge in [0.25, 0.3) is 0 Å². The third-order valence-corrected chi connectivity index (χ3v) is 4.56. The number of amides is 3. The molecule has 1 aliphatic rings. The van der Waals surface area contributed by atoms with Crippen LogP contribution >= 0.6 is 0 Å². The highest BCUT2D eigenvalue weighted by atomic mass is 16.2. The average Bonchev–Trinajstić information content (AvgIpc) is 3.22. The van der Waals surface area contributed by atoms with Crippen molar-refractivity contribution in [3.8, 4) is 5.82 Å². The Morgan fingerprint density at radius 1 is 1.19 bits per heavy atom. The third-order valence-electron chi connectivity index (χ3n) is 4.56. The van der Waals surface area contributed by atoms with E-state index >= 15 is 0 Å². The topological polar surface area (TPSA) is 114 Å². The van der Waals surface area contributed by atoms with Crippen molar-refractivity contribution >= 4 is 11.9 Å². The molecule has 3 rings (SSSR count). The van der Waals surface area contributed by atoms with Crippen molar-refractivity contribution < 1.29 is 9.59 Å². The van der Waals surface area contributed by atoms with Crippen molar-refractivity contribution in [1.82, 2.24) is 35.7 Å². The van der Waals surface area contributed by atoms with Crippen molar-refractivity contribution in [2.24, 2.45) is 0 Å². The van der Waals surface area contributed by atoms with E-state index in [1.165, 1.54) is 12.7 Å². The molecular formula is C18H25N7O2. The fourth-order valence-corrected chi connectivity index (χ4v) is 3.15. The molecule has 27 heavy (non-hydrogen) atoms. The Kier molecular flexibility index (Phi) is 6.72. The first-order valence-corrected chi connectivity index (χ1v) is 9.32. The number of hydrogen-bond donors (Lipinski definition) is 3. The maximum Gasteiger partial charge on any atom is 0.315 e. The lowest BCUT2D eigenvalue weighted by Gasteiger charge is -2.22. The summed E-state index contributed by atoms with van der Waals surface area (Å²) in [5.74, 6) is 0.488. The zero-order valence-electron chi connectivity index (χ0n) is 15.2. The Morgan fingerprint density at radius 2 is 2.04 bits per heavy atom. The molecule has 2 aromatic heterocycles. The summed E-state index contributed by atoms with van der Waals surface area (Å²) in [6, 6.07) is 3.74. The summed E-state index contributed by atoms with van der Waals surface area (Å²) >= 11 is 0. The van der Waals surface area contributed by atoms with Gasteiger partial charge in [-0.1, -0.05) is 25.3 Å². The molecule has 0 unspecified atom stereocenters. The molecule has 0 atom stereocenters. The van der Waals surface area contributed by atoms with Crippen LogP contribution in [-0.4, -0.2) is 44.3 Å². The van der Waals surface area contributed by atoms with Gasteiger partial charge in [0.1, 0.15) is 12.7 Å². The maximum absolute atomic E-state index is 12.0. The van der Waals surface area contributed by atoms with Crippen LogP contribution in [-0.2, 0) is 11.3 Å². The van der Waals surface area contributed by atoms with E-state index < -0.39 is 0 Å². The summed E-state index contributed by atoms with van der Waals surface area (Å²) in [6.07, 6.45) is 10.5. The highest BCUT2D eigenvalue weighted by Crippen LogP contribution is 2.17. The van der Waals surface area contributed by atoms with Crippen molar-refractivity contribution in [2.75, 3.05) is 6.54 Å². The number of carbonyl (C=O) groups excluding carboxylic acids is 2. The lowest BCUT2D eigenvalue weighted by atomic mass is 9.96. The summed E-state index contributed by atoms with van der Waals surface area (Å²) in [6.45, 7) is 0.628. The molecule has 1 aliphatic carbocycles. The van der Waals surface area contributed by atoms with E-state index in [0.29, 0.717) is 18.9 Å². The lowest BCUT2D eigenvalue weighted by Crippen LogP contribution is -2.43. The number of urea groups is 1. The van der Waals surface area contributed by atoms with Crippen molar-refractivity contribution in [1.29, 1.82) is 0 Å².